The van der Waals surface area contributed by atoms with Crippen LogP contribution in [0.2, 0.25) is 0 Å². The Morgan fingerprint density at radius 1 is 1.21 bits per heavy atom. The number of nitrogen functional groups attached to an aromatic ring is 1. The summed E-state index contributed by atoms with van der Waals surface area (Å²) in [7, 11) is 0. The van der Waals surface area contributed by atoms with Gasteiger partial charge in [0, 0.05) is 17.7 Å². The third kappa shape index (κ3) is 2.52. The van der Waals surface area contributed by atoms with Gasteiger partial charge in [0.2, 0.25) is 0 Å². The van der Waals surface area contributed by atoms with Crippen LogP contribution < -0.4 is 11.1 Å². The first-order valence-corrected chi connectivity index (χ1v) is 6.61. The lowest BCUT2D eigenvalue weighted by molar-refractivity contribution is 0.935. The molecule has 98 valence electrons. The van der Waals surface area contributed by atoms with Crippen LogP contribution in [0.25, 0.3) is 0 Å². The largest absolute Gasteiger partial charge is 0.384 e. The number of hydrogen-bond acceptors (Lipinski definition) is 4. The molecule has 19 heavy (non-hydrogen) atoms. The van der Waals surface area contributed by atoms with Crippen molar-refractivity contribution < 1.29 is 0 Å². The Bertz CT molecular complexity index is 618. The van der Waals surface area contributed by atoms with Crippen LogP contribution in [0.4, 0.5) is 17.3 Å². The normalized spacial score (nSPS) is 14.4. The molecule has 0 unspecified atom stereocenters. The minimum atomic E-state index is 0.502. The lowest BCUT2D eigenvalue weighted by Crippen LogP contribution is -2.03. The van der Waals surface area contributed by atoms with Crippen molar-refractivity contribution in [2.24, 2.45) is 0 Å². The van der Waals surface area contributed by atoms with Gasteiger partial charge in [-0.2, -0.15) is 0 Å². The maximum atomic E-state index is 5.86. The van der Waals surface area contributed by atoms with Gasteiger partial charge in [-0.05, 0) is 43.9 Å². The highest BCUT2D eigenvalue weighted by Crippen LogP contribution is 2.38. The molecular weight excluding hydrogens is 236 g/mol. The SMILES string of the molecule is Cc1cccc(Nc2cc(N)nc(C3CC3)n2)c1C. The van der Waals surface area contributed by atoms with Crippen molar-refractivity contribution in [3.05, 3.63) is 41.2 Å². The third-order valence-electron chi connectivity index (χ3n) is 3.57. The molecular formula is C15H18N4. The molecule has 3 rings (SSSR count). The lowest BCUT2D eigenvalue weighted by Gasteiger charge is -2.12. The molecule has 3 N–H and O–H groups in total. The smallest absolute Gasteiger partial charge is 0.136 e. The van der Waals surface area contributed by atoms with Gasteiger partial charge in [0.05, 0.1) is 0 Å². The molecule has 1 aromatic carbocycles. The summed E-state index contributed by atoms with van der Waals surface area (Å²) in [4.78, 5) is 8.86. The second-order valence-electron chi connectivity index (χ2n) is 5.18. The van der Waals surface area contributed by atoms with Crippen molar-refractivity contribution in [1.82, 2.24) is 9.97 Å². The second kappa shape index (κ2) is 4.53. The fourth-order valence-electron chi connectivity index (χ4n) is 2.10. The molecule has 0 amide bonds. The summed E-state index contributed by atoms with van der Waals surface area (Å²) in [6, 6.07) is 7.98. The highest BCUT2D eigenvalue weighted by molar-refractivity contribution is 5.63. The summed E-state index contributed by atoms with van der Waals surface area (Å²) in [5, 5.41) is 3.35. The summed E-state index contributed by atoms with van der Waals surface area (Å²) in [5.74, 6) is 2.68. The second-order valence-corrected chi connectivity index (χ2v) is 5.18. The molecule has 4 nitrogen and oxygen atoms in total. The Morgan fingerprint density at radius 3 is 2.74 bits per heavy atom. The Morgan fingerprint density at radius 2 is 2.00 bits per heavy atom. The molecule has 0 saturated heterocycles. The molecule has 0 atom stereocenters. The standard InChI is InChI=1S/C15H18N4/c1-9-4-3-5-12(10(9)2)17-14-8-13(16)18-15(19-14)11-6-7-11/h3-5,8,11H,6-7H2,1-2H3,(H3,16,17,18,19). The molecule has 4 heteroatoms. The fraction of sp³-hybridized carbons (Fsp3) is 0.333. The van der Waals surface area contributed by atoms with E-state index >= 15 is 0 Å². The number of nitrogens with zero attached hydrogens (tertiary/aromatic N) is 2. The Hall–Kier alpha value is -2.10. The Kier molecular flexibility index (Phi) is 2.85. The van der Waals surface area contributed by atoms with Crippen LogP contribution in [-0.2, 0) is 0 Å². The van der Waals surface area contributed by atoms with Gasteiger partial charge in [0.15, 0.2) is 0 Å². The van der Waals surface area contributed by atoms with Gasteiger partial charge in [-0.3, -0.25) is 0 Å². The first-order chi connectivity index (χ1) is 9.13. The van der Waals surface area contributed by atoms with Crippen LogP contribution in [0.3, 0.4) is 0 Å². The number of hydrogen-bond donors (Lipinski definition) is 2. The number of benzene rings is 1. The van der Waals surface area contributed by atoms with Crippen molar-refractivity contribution in [3.63, 3.8) is 0 Å². The van der Waals surface area contributed by atoms with E-state index in [0.29, 0.717) is 11.7 Å². The first kappa shape index (κ1) is 12.0. The molecule has 1 aliphatic rings. The van der Waals surface area contributed by atoms with Crippen molar-refractivity contribution in [2.75, 3.05) is 11.1 Å². The number of rotatable bonds is 3. The molecule has 1 aliphatic carbocycles. The van der Waals surface area contributed by atoms with Gasteiger partial charge in [0.1, 0.15) is 17.5 Å². The van der Waals surface area contributed by atoms with Crippen LogP contribution in [-0.4, -0.2) is 9.97 Å². The van der Waals surface area contributed by atoms with Gasteiger partial charge in [0.25, 0.3) is 0 Å². The number of aromatic nitrogens is 2. The minimum Gasteiger partial charge on any atom is -0.384 e. The van der Waals surface area contributed by atoms with E-state index in [-0.39, 0.29) is 0 Å². The van der Waals surface area contributed by atoms with Crippen LogP contribution in [0, 0.1) is 13.8 Å². The predicted molar refractivity (Wildman–Crippen MR) is 77.6 cm³/mol. The zero-order chi connectivity index (χ0) is 13.4. The van der Waals surface area contributed by atoms with Gasteiger partial charge in [-0.25, -0.2) is 9.97 Å². The first-order valence-electron chi connectivity index (χ1n) is 6.61. The zero-order valence-corrected chi connectivity index (χ0v) is 11.3. The van der Waals surface area contributed by atoms with E-state index in [9.17, 15) is 0 Å². The highest BCUT2D eigenvalue weighted by atomic mass is 15.1. The van der Waals surface area contributed by atoms with E-state index < -0.39 is 0 Å². The number of aryl methyl sites for hydroxylation is 1. The maximum absolute atomic E-state index is 5.86. The van der Waals surface area contributed by atoms with Crippen LogP contribution in [0.5, 0.6) is 0 Å². The molecule has 1 fully saturated rings. The van der Waals surface area contributed by atoms with E-state index in [1.165, 1.54) is 24.0 Å². The molecule has 1 aromatic heterocycles. The molecule has 1 heterocycles. The minimum absolute atomic E-state index is 0.502. The van der Waals surface area contributed by atoms with Crippen LogP contribution in [0.1, 0.15) is 35.7 Å². The summed E-state index contributed by atoms with van der Waals surface area (Å²) in [5.41, 5.74) is 9.41. The fourth-order valence-corrected chi connectivity index (χ4v) is 2.10. The number of anilines is 3. The number of nitrogens with one attached hydrogen (secondary N) is 1. The van der Waals surface area contributed by atoms with Crippen molar-refractivity contribution in [3.8, 4) is 0 Å². The summed E-state index contributed by atoms with van der Waals surface area (Å²) >= 11 is 0. The molecule has 1 saturated carbocycles. The van der Waals surface area contributed by atoms with E-state index in [4.69, 9.17) is 5.73 Å². The Labute approximate surface area is 113 Å². The van der Waals surface area contributed by atoms with Gasteiger partial charge >= 0.3 is 0 Å². The van der Waals surface area contributed by atoms with Gasteiger partial charge in [-0.15, -0.1) is 0 Å². The van der Waals surface area contributed by atoms with Crippen molar-refractivity contribution in [1.29, 1.82) is 0 Å². The molecule has 0 bridgehead atoms. The van der Waals surface area contributed by atoms with E-state index in [1.54, 1.807) is 6.07 Å². The third-order valence-corrected chi connectivity index (χ3v) is 3.57. The summed E-state index contributed by atoms with van der Waals surface area (Å²) in [6.07, 6.45) is 2.35. The summed E-state index contributed by atoms with van der Waals surface area (Å²) < 4.78 is 0. The quantitative estimate of drug-likeness (QED) is 0.882. The average molecular weight is 254 g/mol. The predicted octanol–water partition coefficient (Wildman–Crippen LogP) is 3.30. The maximum Gasteiger partial charge on any atom is 0.136 e. The average Bonchev–Trinajstić information content (AvgIpc) is 3.18. The van der Waals surface area contributed by atoms with E-state index in [2.05, 4.69) is 41.3 Å². The van der Waals surface area contributed by atoms with Gasteiger partial charge < -0.3 is 11.1 Å². The molecule has 0 spiro atoms. The van der Waals surface area contributed by atoms with Gasteiger partial charge in [-0.1, -0.05) is 12.1 Å². The van der Waals surface area contributed by atoms with Crippen LogP contribution in [0.15, 0.2) is 24.3 Å². The van der Waals surface area contributed by atoms with E-state index in [0.717, 1.165) is 17.3 Å². The highest BCUT2D eigenvalue weighted by Gasteiger charge is 2.27. The van der Waals surface area contributed by atoms with Crippen molar-refractivity contribution >= 4 is 17.3 Å². The molecule has 2 aromatic rings. The monoisotopic (exact) mass is 254 g/mol. The number of nitrogens with two attached hydrogens (primary N) is 1. The van der Waals surface area contributed by atoms with Crippen LogP contribution >= 0.6 is 0 Å². The van der Waals surface area contributed by atoms with Crippen molar-refractivity contribution in [2.45, 2.75) is 32.6 Å². The topological polar surface area (TPSA) is 63.8 Å². The molecule has 0 aliphatic heterocycles. The van der Waals surface area contributed by atoms with E-state index in [1.807, 2.05) is 6.07 Å². The Balaban J connectivity index is 1.92. The molecule has 0 radical (unpaired) electrons. The lowest BCUT2D eigenvalue weighted by atomic mass is 10.1. The summed E-state index contributed by atoms with van der Waals surface area (Å²) in [6.45, 7) is 4.20. The zero-order valence-electron chi connectivity index (χ0n) is 11.3.